The van der Waals surface area contributed by atoms with E-state index < -0.39 is 12.9 Å². The van der Waals surface area contributed by atoms with Crippen molar-refractivity contribution in [3.63, 3.8) is 0 Å². The Kier molecular flexibility index (Phi) is 6.67. The Morgan fingerprint density at radius 3 is 2.48 bits per heavy atom. The van der Waals surface area contributed by atoms with Gasteiger partial charge in [-0.25, -0.2) is 19.2 Å². The molecular weight excluding hydrogens is 429 g/mol. The highest BCUT2D eigenvalue weighted by Gasteiger charge is 2.26. The van der Waals surface area contributed by atoms with Gasteiger partial charge >= 0.3 is 6.03 Å². The highest BCUT2D eigenvalue weighted by Crippen LogP contribution is 2.17. The second-order valence-electron chi connectivity index (χ2n) is 7.38. The maximum Gasteiger partial charge on any atom is 0.324 e. The number of anilines is 3. The highest BCUT2D eigenvalue weighted by atomic mass is 19.1. The molecule has 0 saturated carbocycles. The number of aromatic nitrogens is 3. The standard InChI is InChI=1S/C22H24FN7O3/c1-28-14-18(27-22(32)25-16-5-7-17(8-6-16)33-15-23)26-20(28)21(31)30-12-10-29(11-13-30)19-4-2-3-9-24-19/h2-9,14H,10-13,15H2,1H3,(H2,25,27,32). The molecule has 11 heteroatoms. The van der Waals surface area contributed by atoms with E-state index in [0.29, 0.717) is 37.6 Å². The van der Waals surface area contributed by atoms with E-state index in [4.69, 9.17) is 4.74 Å². The van der Waals surface area contributed by atoms with E-state index in [9.17, 15) is 14.0 Å². The Morgan fingerprint density at radius 1 is 1.06 bits per heavy atom. The maximum atomic E-state index is 13.0. The molecule has 1 aliphatic rings. The number of alkyl halides is 1. The van der Waals surface area contributed by atoms with Crippen LogP contribution in [0.3, 0.4) is 0 Å². The van der Waals surface area contributed by atoms with E-state index in [1.807, 2.05) is 18.2 Å². The molecular formula is C22H24FN7O3. The molecule has 3 heterocycles. The van der Waals surface area contributed by atoms with Crippen molar-refractivity contribution in [3.05, 3.63) is 60.7 Å². The summed E-state index contributed by atoms with van der Waals surface area (Å²) in [5.74, 6) is 1.54. The van der Waals surface area contributed by atoms with Crippen LogP contribution in [0.1, 0.15) is 10.6 Å². The lowest BCUT2D eigenvalue weighted by atomic mass is 10.3. The Morgan fingerprint density at radius 2 is 1.82 bits per heavy atom. The third kappa shape index (κ3) is 5.37. The second-order valence-corrected chi connectivity index (χ2v) is 7.38. The van der Waals surface area contributed by atoms with Gasteiger partial charge in [0, 0.05) is 51.3 Å². The minimum Gasteiger partial charge on any atom is -0.463 e. The monoisotopic (exact) mass is 453 g/mol. The lowest BCUT2D eigenvalue weighted by molar-refractivity contribution is 0.0730. The van der Waals surface area contributed by atoms with Gasteiger partial charge < -0.3 is 24.4 Å². The van der Waals surface area contributed by atoms with E-state index in [1.54, 1.807) is 53.2 Å². The SMILES string of the molecule is Cn1cc(NC(=O)Nc2ccc(OCF)cc2)nc1C(=O)N1CCN(c2ccccn2)CC1. The zero-order valence-corrected chi connectivity index (χ0v) is 18.1. The summed E-state index contributed by atoms with van der Waals surface area (Å²) in [5.41, 5.74) is 0.497. The third-order valence-corrected chi connectivity index (χ3v) is 5.18. The second kappa shape index (κ2) is 9.98. The number of hydrogen-bond donors (Lipinski definition) is 2. The number of carbonyl (C=O) groups is 2. The van der Waals surface area contributed by atoms with Crippen LogP contribution in [-0.4, -0.2) is 64.4 Å². The van der Waals surface area contributed by atoms with Crippen LogP contribution in [0, 0.1) is 0 Å². The van der Waals surface area contributed by atoms with Crippen LogP contribution >= 0.6 is 0 Å². The Bertz CT molecular complexity index is 1100. The zero-order valence-electron chi connectivity index (χ0n) is 18.1. The first-order valence-corrected chi connectivity index (χ1v) is 10.4. The van der Waals surface area contributed by atoms with Gasteiger partial charge in [-0.05, 0) is 36.4 Å². The maximum absolute atomic E-state index is 13.0. The molecule has 0 spiro atoms. The summed E-state index contributed by atoms with van der Waals surface area (Å²) in [6, 6.07) is 11.5. The predicted octanol–water partition coefficient (Wildman–Crippen LogP) is 2.73. The van der Waals surface area contributed by atoms with Crippen molar-refractivity contribution >= 4 is 29.3 Å². The molecule has 3 aromatic rings. The molecule has 0 unspecified atom stereocenters. The molecule has 1 fully saturated rings. The number of benzene rings is 1. The topological polar surface area (TPSA) is 105 Å². The largest absolute Gasteiger partial charge is 0.463 e. The molecule has 2 aromatic heterocycles. The Balaban J connectivity index is 1.33. The van der Waals surface area contributed by atoms with Gasteiger partial charge in [-0.1, -0.05) is 6.07 Å². The van der Waals surface area contributed by atoms with Gasteiger partial charge in [-0.15, -0.1) is 0 Å². The van der Waals surface area contributed by atoms with E-state index in [0.717, 1.165) is 5.82 Å². The number of halogens is 1. The molecule has 0 atom stereocenters. The zero-order chi connectivity index (χ0) is 23.2. The number of amides is 3. The molecule has 172 valence electrons. The lowest BCUT2D eigenvalue weighted by Gasteiger charge is -2.35. The number of rotatable bonds is 6. The van der Waals surface area contributed by atoms with Gasteiger partial charge in [0.05, 0.1) is 0 Å². The number of urea groups is 1. The van der Waals surface area contributed by atoms with Crippen LogP contribution < -0.4 is 20.3 Å². The lowest BCUT2D eigenvalue weighted by Crippen LogP contribution is -2.49. The van der Waals surface area contributed by atoms with Crippen molar-refractivity contribution in [2.24, 2.45) is 7.05 Å². The molecule has 0 radical (unpaired) electrons. The smallest absolute Gasteiger partial charge is 0.324 e. The summed E-state index contributed by atoms with van der Waals surface area (Å²) in [5, 5.41) is 5.26. The van der Waals surface area contributed by atoms with E-state index in [-0.39, 0.29) is 17.5 Å². The average Bonchev–Trinajstić information content (AvgIpc) is 3.20. The molecule has 4 rings (SSSR count). The van der Waals surface area contributed by atoms with Crippen molar-refractivity contribution in [3.8, 4) is 5.75 Å². The quantitative estimate of drug-likeness (QED) is 0.595. The number of piperazine rings is 1. The number of aryl methyl sites for hydroxylation is 1. The fourth-order valence-electron chi connectivity index (χ4n) is 3.52. The summed E-state index contributed by atoms with van der Waals surface area (Å²) in [7, 11) is 1.71. The normalized spacial score (nSPS) is 13.5. The minimum atomic E-state index is -0.923. The molecule has 1 aliphatic heterocycles. The molecule has 2 N–H and O–H groups in total. The van der Waals surface area contributed by atoms with Crippen LogP contribution in [0.15, 0.2) is 54.9 Å². The molecule has 0 aliphatic carbocycles. The summed E-state index contributed by atoms with van der Waals surface area (Å²) in [4.78, 5) is 37.8. The summed E-state index contributed by atoms with van der Waals surface area (Å²) < 4.78 is 18.5. The summed E-state index contributed by atoms with van der Waals surface area (Å²) >= 11 is 0. The first-order chi connectivity index (χ1) is 16.0. The van der Waals surface area contributed by atoms with Crippen molar-refractivity contribution in [2.75, 3.05) is 48.6 Å². The van der Waals surface area contributed by atoms with Crippen LogP contribution in [0.4, 0.5) is 26.5 Å². The van der Waals surface area contributed by atoms with Gasteiger partial charge in [-0.2, -0.15) is 0 Å². The van der Waals surface area contributed by atoms with Crippen LogP contribution in [-0.2, 0) is 7.05 Å². The Labute approximate surface area is 190 Å². The van der Waals surface area contributed by atoms with Gasteiger partial charge in [0.25, 0.3) is 5.91 Å². The van der Waals surface area contributed by atoms with Gasteiger partial charge in [-0.3, -0.25) is 10.1 Å². The fourth-order valence-corrected chi connectivity index (χ4v) is 3.52. The average molecular weight is 453 g/mol. The van der Waals surface area contributed by atoms with Crippen LogP contribution in [0.5, 0.6) is 5.75 Å². The first kappa shape index (κ1) is 22.1. The molecule has 33 heavy (non-hydrogen) atoms. The van der Waals surface area contributed by atoms with Crippen molar-refractivity contribution < 1.29 is 18.7 Å². The number of hydrogen-bond acceptors (Lipinski definition) is 6. The summed E-state index contributed by atoms with van der Waals surface area (Å²) in [6.07, 6.45) is 3.33. The van der Waals surface area contributed by atoms with Crippen LogP contribution in [0.25, 0.3) is 0 Å². The number of carbonyl (C=O) groups excluding carboxylic acids is 2. The van der Waals surface area contributed by atoms with E-state index >= 15 is 0 Å². The minimum absolute atomic E-state index is 0.199. The van der Waals surface area contributed by atoms with E-state index in [2.05, 4.69) is 25.5 Å². The van der Waals surface area contributed by atoms with Gasteiger partial charge in [0.1, 0.15) is 11.6 Å². The first-order valence-electron chi connectivity index (χ1n) is 10.4. The van der Waals surface area contributed by atoms with Crippen molar-refractivity contribution in [1.82, 2.24) is 19.4 Å². The fraction of sp³-hybridized carbons (Fsp3) is 0.273. The van der Waals surface area contributed by atoms with Gasteiger partial charge in [0.15, 0.2) is 5.82 Å². The predicted molar refractivity (Wildman–Crippen MR) is 121 cm³/mol. The number of nitrogens with one attached hydrogen (secondary N) is 2. The van der Waals surface area contributed by atoms with Crippen LogP contribution in [0.2, 0.25) is 0 Å². The van der Waals surface area contributed by atoms with Crippen molar-refractivity contribution in [2.45, 2.75) is 0 Å². The third-order valence-electron chi connectivity index (χ3n) is 5.18. The molecule has 1 aromatic carbocycles. The molecule has 3 amide bonds. The Hall–Kier alpha value is -4.15. The van der Waals surface area contributed by atoms with Crippen molar-refractivity contribution in [1.29, 1.82) is 0 Å². The number of pyridine rings is 1. The number of nitrogens with zero attached hydrogens (tertiary/aromatic N) is 5. The number of imidazole rings is 1. The van der Waals surface area contributed by atoms with E-state index in [1.165, 1.54) is 0 Å². The molecule has 1 saturated heterocycles. The molecule has 10 nitrogen and oxygen atoms in total. The number of ether oxygens (including phenoxy) is 1. The molecule has 0 bridgehead atoms. The highest BCUT2D eigenvalue weighted by molar-refractivity contribution is 5.99. The van der Waals surface area contributed by atoms with Gasteiger partial charge in [0.2, 0.25) is 12.7 Å². The summed E-state index contributed by atoms with van der Waals surface area (Å²) in [6.45, 7) is 1.53.